The zero-order valence-corrected chi connectivity index (χ0v) is 10.1. The van der Waals surface area contributed by atoms with Crippen molar-refractivity contribution in [1.29, 1.82) is 0 Å². The molecule has 1 aliphatic carbocycles. The van der Waals surface area contributed by atoms with Gasteiger partial charge < -0.3 is 5.11 Å². The van der Waals surface area contributed by atoms with Gasteiger partial charge in [-0.1, -0.05) is 12.1 Å². The molecule has 1 aliphatic rings. The van der Waals surface area contributed by atoms with Crippen molar-refractivity contribution >= 4 is 27.5 Å². The molecule has 17 heavy (non-hydrogen) atoms. The van der Waals surface area contributed by atoms with Crippen LogP contribution in [0.3, 0.4) is 0 Å². The molecular formula is C13H13NO2S. The quantitative estimate of drug-likeness (QED) is 0.902. The van der Waals surface area contributed by atoms with E-state index in [-0.39, 0.29) is 12.3 Å². The fourth-order valence-corrected chi connectivity index (χ4v) is 3.14. The number of carbonyl (C=O) groups is 1. The maximum atomic E-state index is 11.0. The average molecular weight is 247 g/mol. The molecule has 4 heteroatoms. The van der Waals surface area contributed by atoms with E-state index >= 15 is 0 Å². The molecule has 88 valence electrons. The van der Waals surface area contributed by atoms with Crippen molar-refractivity contribution in [2.24, 2.45) is 5.92 Å². The summed E-state index contributed by atoms with van der Waals surface area (Å²) in [4.78, 5) is 15.4. The molecule has 1 aromatic heterocycles. The van der Waals surface area contributed by atoms with E-state index in [2.05, 4.69) is 4.98 Å². The minimum Gasteiger partial charge on any atom is -0.481 e. The predicted octanol–water partition coefficient (Wildman–Crippen LogP) is 3.26. The van der Waals surface area contributed by atoms with Gasteiger partial charge >= 0.3 is 5.97 Å². The topological polar surface area (TPSA) is 50.2 Å². The fourth-order valence-electron chi connectivity index (χ4n) is 2.42. The molecule has 1 heterocycles. The first-order valence-electron chi connectivity index (χ1n) is 5.79. The number of carboxylic acid groups (broad SMARTS) is 1. The summed E-state index contributed by atoms with van der Waals surface area (Å²) < 4.78 is 1.15. The molecule has 1 saturated carbocycles. The van der Waals surface area contributed by atoms with Gasteiger partial charge in [-0.05, 0) is 36.3 Å². The minimum atomic E-state index is -0.714. The zero-order valence-electron chi connectivity index (χ0n) is 9.30. The molecule has 0 saturated heterocycles. The Balaban J connectivity index is 2.04. The van der Waals surface area contributed by atoms with Crippen molar-refractivity contribution in [2.75, 3.05) is 0 Å². The summed E-state index contributed by atoms with van der Waals surface area (Å²) in [5.41, 5.74) is 3.95. The van der Waals surface area contributed by atoms with Crippen LogP contribution in [-0.4, -0.2) is 16.1 Å². The van der Waals surface area contributed by atoms with Gasteiger partial charge in [0.15, 0.2) is 0 Å². The van der Waals surface area contributed by atoms with Crippen LogP contribution in [0.4, 0.5) is 0 Å². The Morgan fingerprint density at radius 1 is 1.53 bits per heavy atom. The zero-order chi connectivity index (χ0) is 11.8. The second-order valence-electron chi connectivity index (χ2n) is 4.59. The first-order chi connectivity index (χ1) is 8.25. The second kappa shape index (κ2) is 4.11. The summed E-state index contributed by atoms with van der Waals surface area (Å²) in [7, 11) is 0. The number of rotatable bonds is 4. The van der Waals surface area contributed by atoms with Crippen molar-refractivity contribution in [2.45, 2.75) is 25.2 Å². The van der Waals surface area contributed by atoms with E-state index in [4.69, 9.17) is 5.11 Å². The third-order valence-electron chi connectivity index (χ3n) is 3.38. The van der Waals surface area contributed by atoms with Gasteiger partial charge in [-0.2, -0.15) is 0 Å². The molecule has 1 unspecified atom stereocenters. The first kappa shape index (κ1) is 10.7. The molecule has 0 amide bonds. The highest BCUT2D eigenvalue weighted by Crippen LogP contribution is 2.46. The maximum absolute atomic E-state index is 11.0. The highest BCUT2D eigenvalue weighted by molar-refractivity contribution is 7.16. The summed E-state index contributed by atoms with van der Waals surface area (Å²) >= 11 is 1.61. The number of hydrogen-bond acceptors (Lipinski definition) is 3. The van der Waals surface area contributed by atoms with E-state index in [9.17, 15) is 4.79 Å². The molecule has 0 radical (unpaired) electrons. The van der Waals surface area contributed by atoms with Crippen LogP contribution in [-0.2, 0) is 4.79 Å². The number of hydrogen-bond donors (Lipinski definition) is 1. The van der Waals surface area contributed by atoms with Gasteiger partial charge in [-0.3, -0.25) is 4.79 Å². The summed E-state index contributed by atoms with van der Waals surface area (Å²) in [6.07, 6.45) is 2.53. The van der Waals surface area contributed by atoms with Crippen LogP contribution in [0, 0.1) is 5.92 Å². The van der Waals surface area contributed by atoms with Gasteiger partial charge in [0.05, 0.1) is 22.1 Å². The molecular weight excluding hydrogens is 234 g/mol. The van der Waals surface area contributed by atoms with Crippen molar-refractivity contribution in [3.8, 4) is 0 Å². The Kier molecular flexibility index (Phi) is 2.59. The molecule has 1 N–H and O–H groups in total. The molecule has 0 spiro atoms. The predicted molar refractivity (Wildman–Crippen MR) is 67.3 cm³/mol. The number of fused-ring (bicyclic) bond motifs is 1. The lowest BCUT2D eigenvalue weighted by molar-refractivity contribution is -0.137. The minimum absolute atomic E-state index is 0.137. The van der Waals surface area contributed by atoms with E-state index in [1.54, 1.807) is 11.3 Å². The Hall–Kier alpha value is -1.42. The molecule has 1 aromatic carbocycles. The first-order valence-corrected chi connectivity index (χ1v) is 6.67. The molecule has 3 rings (SSSR count). The third-order valence-corrected chi connectivity index (χ3v) is 4.17. The van der Waals surface area contributed by atoms with Gasteiger partial charge in [-0.15, -0.1) is 11.3 Å². The molecule has 0 bridgehead atoms. The molecule has 1 atom stereocenters. The second-order valence-corrected chi connectivity index (χ2v) is 5.47. The largest absolute Gasteiger partial charge is 0.481 e. The highest BCUT2D eigenvalue weighted by Gasteiger charge is 2.34. The third kappa shape index (κ3) is 2.05. The van der Waals surface area contributed by atoms with Crippen molar-refractivity contribution < 1.29 is 9.90 Å². The summed E-state index contributed by atoms with van der Waals surface area (Å²) in [6.45, 7) is 0. The summed E-state index contributed by atoms with van der Waals surface area (Å²) in [5.74, 6) is -0.0363. The van der Waals surface area contributed by atoms with Crippen LogP contribution in [0.15, 0.2) is 23.7 Å². The van der Waals surface area contributed by atoms with Crippen LogP contribution >= 0.6 is 11.3 Å². The SMILES string of the molecule is O=C(O)CC(c1cccc2scnc12)C1CC1. The van der Waals surface area contributed by atoms with Crippen molar-refractivity contribution in [3.63, 3.8) is 0 Å². The van der Waals surface area contributed by atoms with Crippen LogP contribution in [0.1, 0.15) is 30.7 Å². The number of aliphatic carboxylic acids is 1. The average Bonchev–Trinajstić information content (AvgIpc) is 3.02. The van der Waals surface area contributed by atoms with E-state index in [0.29, 0.717) is 5.92 Å². The Labute approximate surface area is 103 Å². The van der Waals surface area contributed by atoms with Gasteiger partial charge in [0.1, 0.15) is 0 Å². The normalized spacial score (nSPS) is 17.2. The van der Waals surface area contributed by atoms with E-state index in [1.165, 1.54) is 0 Å². The monoisotopic (exact) mass is 247 g/mol. The van der Waals surface area contributed by atoms with Gasteiger partial charge in [0.2, 0.25) is 0 Å². The van der Waals surface area contributed by atoms with Gasteiger partial charge in [-0.25, -0.2) is 4.98 Å². The standard InChI is InChI=1S/C13H13NO2S/c15-12(16)6-10(8-4-5-8)9-2-1-3-11-13(9)14-7-17-11/h1-3,7-8,10H,4-6H2,(H,15,16). The molecule has 2 aromatic rings. The van der Waals surface area contributed by atoms with Gasteiger partial charge in [0, 0.05) is 0 Å². The van der Waals surface area contributed by atoms with E-state index in [1.807, 2.05) is 23.7 Å². The number of carboxylic acids is 1. The number of para-hydroxylation sites is 1. The van der Waals surface area contributed by atoms with Gasteiger partial charge in [0.25, 0.3) is 0 Å². The maximum Gasteiger partial charge on any atom is 0.303 e. The lowest BCUT2D eigenvalue weighted by atomic mass is 9.90. The Bertz CT molecular complexity index is 559. The fraction of sp³-hybridized carbons (Fsp3) is 0.385. The number of benzene rings is 1. The van der Waals surface area contributed by atoms with Crippen molar-refractivity contribution in [3.05, 3.63) is 29.3 Å². The summed E-state index contributed by atoms with van der Waals surface area (Å²) in [6, 6.07) is 6.09. The van der Waals surface area contributed by atoms with Crippen molar-refractivity contribution in [1.82, 2.24) is 4.98 Å². The number of aromatic nitrogens is 1. The summed E-state index contributed by atoms with van der Waals surface area (Å²) in [5, 5.41) is 9.03. The molecule has 0 aliphatic heterocycles. The lowest BCUT2D eigenvalue weighted by Gasteiger charge is -2.14. The van der Waals surface area contributed by atoms with Crippen LogP contribution in [0.25, 0.3) is 10.2 Å². The van der Waals surface area contributed by atoms with Crippen LogP contribution in [0.2, 0.25) is 0 Å². The van der Waals surface area contributed by atoms with Crippen LogP contribution in [0.5, 0.6) is 0 Å². The molecule has 3 nitrogen and oxygen atoms in total. The lowest BCUT2D eigenvalue weighted by Crippen LogP contribution is -2.08. The Morgan fingerprint density at radius 3 is 3.06 bits per heavy atom. The molecule has 1 fully saturated rings. The van der Waals surface area contributed by atoms with Crippen LogP contribution < -0.4 is 0 Å². The van der Waals surface area contributed by atoms with E-state index < -0.39 is 5.97 Å². The highest BCUT2D eigenvalue weighted by atomic mass is 32.1. The number of thiazole rings is 1. The van der Waals surface area contributed by atoms with E-state index in [0.717, 1.165) is 28.6 Å². The smallest absolute Gasteiger partial charge is 0.303 e. The Morgan fingerprint density at radius 2 is 2.35 bits per heavy atom. The number of nitrogens with zero attached hydrogens (tertiary/aromatic N) is 1.